The maximum absolute atomic E-state index is 13.0. The van der Waals surface area contributed by atoms with Gasteiger partial charge in [0.1, 0.15) is 17.5 Å². The highest BCUT2D eigenvalue weighted by atomic mass is 32.1. The second kappa shape index (κ2) is 6.29. The summed E-state index contributed by atoms with van der Waals surface area (Å²) in [5.41, 5.74) is 0.312. The van der Waals surface area contributed by atoms with Crippen LogP contribution < -0.4 is 0 Å². The molecule has 1 N–H and O–H groups in total. The van der Waals surface area contributed by atoms with Crippen LogP contribution in [0, 0.1) is 12.8 Å². The number of rotatable bonds is 3. The van der Waals surface area contributed by atoms with Crippen molar-refractivity contribution in [1.82, 2.24) is 9.88 Å². The van der Waals surface area contributed by atoms with Crippen LogP contribution in [0.4, 0.5) is 0 Å². The van der Waals surface area contributed by atoms with Gasteiger partial charge in [-0.15, -0.1) is 11.3 Å². The van der Waals surface area contributed by atoms with Gasteiger partial charge in [-0.05, 0) is 44.2 Å². The summed E-state index contributed by atoms with van der Waals surface area (Å²) in [5, 5.41) is 11.9. The molecular weight excluding hydrogens is 340 g/mol. The first-order valence-electron chi connectivity index (χ1n) is 8.62. The summed E-state index contributed by atoms with van der Waals surface area (Å²) in [6.45, 7) is 1.86. The quantitative estimate of drug-likeness (QED) is 0.905. The van der Waals surface area contributed by atoms with E-state index in [-0.39, 0.29) is 11.9 Å². The lowest BCUT2D eigenvalue weighted by atomic mass is 9.84. The van der Waals surface area contributed by atoms with Crippen molar-refractivity contribution in [1.29, 1.82) is 0 Å². The molecule has 0 bridgehead atoms. The van der Waals surface area contributed by atoms with Crippen molar-refractivity contribution >= 4 is 23.2 Å². The Morgan fingerprint density at radius 3 is 2.84 bits per heavy atom. The van der Waals surface area contributed by atoms with Gasteiger partial charge in [0.25, 0.3) is 5.91 Å². The predicted molar refractivity (Wildman–Crippen MR) is 92.5 cm³/mol. The van der Waals surface area contributed by atoms with Gasteiger partial charge in [0.15, 0.2) is 10.8 Å². The molecule has 4 rings (SSSR count). The lowest BCUT2D eigenvalue weighted by Gasteiger charge is -2.32. The van der Waals surface area contributed by atoms with Crippen molar-refractivity contribution in [3.05, 3.63) is 29.0 Å². The Labute approximate surface area is 149 Å². The van der Waals surface area contributed by atoms with Crippen LogP contribution >= 0.6 is 11.3 Å². The average molecular weight is 360 g/mol. The van der Waals surface area contributed by atoms with Gasteiger partial charge in [0.2, 0.25) is 0 Å². The average Bonchev–Trinajstić information content (AvgIpc) is 3.31. The Kier molecular flexibility index (Phi) is 4.11. The Bertz CT molecular complexity index is 812. The summed E-state index contributed by atoms with van der Waals surface area (Å²) >= 11 is 1.34. The number of likely N-dealkylation sites (tertiary alicyclic amines) is 1. The molecule has 25 heavy (non-hydrogen) atoms. The van der Waals surface area contributed by atoms with E-state index in [2.05, 4.69) is 4.98 Å². The van der Waals surface area contributed by atoms with Crippen molar-refractivity contribution in [2.24, 2.45) is 5.92 Å². The van der Waals surface area contributed by atoms with Crippen LogP contribution in [0.5, 0.6) is 0 Å². The molecule has 3 heterocycles. The molecule has 7 heteroatoms. The van der Waals surface area contributed by atoms with Gasteiger partial charge >= 0.3 is 5.97 Å². The van der Waals surface area contributed by atoms with Crippen LogP contribution in [-0.2, 0) is 4.79 Å². The summed E-state index contributed by atoms with van der Waals surface area (Å²) in [7, 11) is 0. The zero-order valence-electron chi connectivity index (χ0n) is 14.0. The molecule has 3 atom stereocenters. The van der Waals surface area contributed by atoms with Gasteiger partial charge in [0.05, 0.1) is 0 Å². The summed E-state index contributed by atoms with van der Waals surface area (Å²) in [5.74, 6) is 0.527. The molecule has 3 unspecified atom stereocenters. The summed E-state index contributed by atoms with van der Waals surface area (Å²) in [6, 6.07) is 2.97. The third-order valence-corrected chi connectivity index (χ3v) is 6.14. The van der Waals surface area contributed by atoms with E-state index in [1.54, 1.807) is 10.3 Å². The fourth-order valence-electron chi connectivity index (χ4n) is 4.14. The van der Waals surface area contributed by atoms with Crippen LogP contribution in [-0.4, -0.2) is 39.0 Å². The molecule has 1 saturated carbocycles. The maximum Gasteiger partial charge on any atom is 0.326 e. The number of furan rings is 1. The molecule has 2 fully saturated rings. The van der Waals surface area contributed by atoms with Gasteiger partial charge in [-0.3, -0.25) is 4.79 Å². The van der Waals surface area contributed by atoms with E-state index in [0.717, 1.165) is 31.4 Å². The van der Waals surface area contributed by atoms with Crippen molar-refractivity contribution in [3.63, 3.8) is 0 Å². The molecule has 1 saturated heterocycles. The lowest BCUT2D eigenvalue weighted by Crippen LogP contribution is -2.46. The maximum atomic E-state index is 13.0. The molecule has 1 aliphatic heterocycles. The van der Waals surface area contributed by atoms with E-state index in [4.69, 9.17) is 4.42 Å². The van der Waals surface area contributed by atoms with Crippen molar-refractivity contribution in [2.45, 2.75) is 51.1 Å². The van der Waals surface area contributed by atoms with E-state index < -0.39 is 12.0 Å². The van der Waals surface area contributed by atoms with Crippen molar-refractivity contribution in [3.8, 4) is 10.8 Å². The first-order valence-corrected chi connectivity index (χ1v) is 9.50. The number of carbonyl (C=O) groups is 2. The molecule has 132 valence electrons. The van der Waals surface area contributed by atoms with E-state index in [0.29, 0.717) is 28.8 Å². The number of nitrogens with zero attached hydrogens (tertiary/aromatic N) is 2. The third kappa shape index (κ3) is 2.86. The Hall–Kier alpha value is -2.15. The number of thiazole rings is 1. The number of fused-ring (bicyclic) bond motifs is 1. The van der Waals surface area contributed by atoms with Gasteiger partial charge in [-0.25, -0.2) is 9.78 Å². The topological polar surface area (TPSA) is 83.6 Å². The molecule has 1 amide bonds. The third-order valence-electron chi connectivity index (χ3n) is 5.28. The highest BCUT2D eigenvalue weighted by Gasteiger charge is 2.48. The number of aliphatic carboxylic acids is 1. The summed E-state index contributed by atoms with van der Waals surface area (Å²) in [4.78, 5) is 30.7. The van der Waals surface area contributed by atoms with Crippen LogP contribution in [0.2, 0.25) is 0 Å². The smallest absolute Gasteiger partial charge is 0.326 e. The fraction of sp³-hybridized carbons (Fsp3) is 0.500. The largest absolute Gasteiger partial charge is 0.480 e. The van der Waals surface area contributed by atoms with Crippen LogP contribution in [0.25, 0.3) is 10.8 Å². The number of carbonyl (C=O) groups excluding carboxylic acids is 1. The number of hydrogen-bond donors (Lipinski definition) is 1. The van der Waals surface area contributed by atoms with Gasteiger partial charge in [0, 0.05) is 11.4 Å². The molecule has 0 radical (unpaired) electrons. The van der Waals surface area contributed by atoms with E-state index in [1.807, 2.05) is 19.1 Å². The summed E-state index contributed by atoms with van der Waals surface area (Å²) in [6.07, 6.45) is 4.61. The second-order valence-electron chi connectivity index (χ2n) is 6.86. The minimum absolute atomic E-state index is 0.0263. The monoisotopic (exact) mass is 360 g/mol. The van der Waals surface area contributed by atoms with Crippen molar-refractivity contribution < 1.29 is 19.1 Å². The zero-order valence-corrected chi connectivity index (χ0v) is 14.8. The molecular formula is C18H20N2O4S. The van der Waals surface area contributed by atoms with Gasteiger partial charge in [-0.2, -0.15) is 0 Å². The molecule has 0 spiro atoms. The van der Waals surface area contributed by atoms with Crippen LogP contribution in [0.1, 0.15) is 48.4 Å². The first kappa shape index (κ1) is 16.3. The normalized spacial score (nSPS) is 25.8. The molecule has 2 aliphatic rings. The SMILES string of the molecule is Cc1ccc(-c2nc(C(=O)N3C(C(=O)O)CC4CCCCC43)cs2)o1. The number of aromatic nitrogens is 1. The van der Waals surface area contributed by atoms with Gasteiger partial charge in [-0.1, -0.05) is 12.8 Å². The zero-order chi connectivity index (χ0) is 17.6. The fourth-order valence-corrected chi connectivity index (χ4v) is 4.89. The van der Waals surface area contributed by atoms with Crippen molar-refractivity contribution in [2.75, 3.05) is 0 Å². The van der Waals surface area contributed by atoms with Crippen LogP contribution in [0.15, 0.2) is 21.9 Å². The minimum Gasteiger partial charge on any atom is -0.480 e. The molecule has 2 aromatic rings. The molecule has 2 aromatic heterocycles. The highest BCUT2D eigenvalue weighted by Crippen LogP contribution is 2.40. The summed E-state index contributed by atoms with van der Waals surface area (Å²) < 4.78 is 5.56. The predicted octanol–water partition coefficient (Wildman–Crippen LogP) is 3.57. The number of hydrogen-bond acceptors (Lipinski definition) is 5. The Balaban J connectivity index is 1.62. The van der Waals surface area contributed by atoms with E-state index in [9.17, 15) is 14.7 Å². The Morgan fingerprint density at radius 2 is 2.12 bits per heavy atom. The molecule has 6 nitrogen and oxygen atoms in total. The second-order valence-corrected chi connectivity index (χ2v) is 7.72. The van der Waals surface area contributed by atoms with Crippen LogP contribution in [0.3, 0.4) is 0 Å². The molecule has 0 aromatic carbocycles. The lowest BCUT2D eigenvalue weighted by molar-refractivity contribution is -0.141. The Morgan fingerprint density at radius 1 is 1.32 bits per heavy atom. The van der Waals surface area contributed by atoms with Gasteiger partial charge < -0.3 is 14.4 Å². The standard InChI is InChI=1S/C18H20N2O4S/c1-10-6-7-15(24-10)16-19-12(9-25-16)17(21)20-13-5-3-2-4-11(13)8-14(20)18(22)23/h6-7,9,11,13-14H,2-5,8H2,1H3,(H,22,23). The number of carboxylic acids is 1. The minimum atomic E-state index is -0.917. The number of aryl methyl sites for hydroxylation is 1. The molecule has 1 aliphatic carbocycles. The van der Waals surface area contributed by atoms with E-state index in [1.165, 1.54) is 11.3 Å². The number of carboxylic acid groups (broad SMARTS) is 1. The first-order chi connectivity index (χ1) is 12.0. The number of amides is 1. The highest BCUT2D eigenvalue weighted by molar-refractivity contribution is 7.13. The van der Waals surface area contributed by atoms with E-state index >= 15 is 0 Å².